The van der Waals surface area contributed by atoms with E-state index in [1.165, 1.54) is 64.5 Å². The van der Waals surface area contributed by atoms with Gasteiger partial charge in [-0.1, -0.05) is 0 Å². The van der Waals surface area contributed by atoms with Gasteiger partial charge in [0.2, 0.25) is 5.75 Å². The first kappa shape index (κ1) is 22.2. The van der Waals surface area contributed by atoms with Crippen molar-refractivity contribution in [1.82, 2.24) is 0 Å². The van der Waals surface area contributed by atoms with Gasteiger partial charge in [0.15, 0.2) is 23.0 Å². The monoisotopic (exact) mass is 422 g/mol. The van der Waals surface area contributed by atoms with Crippen molar-refractivity contribution in [2.75, 3.05) is 34.7 Å². The van der Waals surface area contributed by atoms with E-state index in [2.05, 4.69) is 0 Å². The topological polar surface area (TPSA) is 101 Å². The molecule has 0 saturated carbocycles. The molecule has 0 aliphatic carbocycles. The summed E-state index contributed by atoms with van der Waals surface area (Å²) in [6.07, 6.45) is 1.85. The van der Waals surface area contributed by atoms with Crippen LogP contribution in [0.1, 0.15) is 26.3 Å². The van der Waals surface area contributed by atoms with Crippen LogP contribution in [0.15, 0.2) is 24.3 Å². The minimum absolute atomic E-state index is 0.0403. The first-order valence-corrected chi connectivity index (χ1v) is 9.74. The Hall–Kier alpha value is -3.07. The average Bonchev–Trinajstić information content (AvgIpc) is 2.73. The van der Waals surface area contributed by atoms with Crippen molar-refractivity contribution in [3.63, 3.8) is 0 Å². The van der Waals surface area contributed by atoms with E-state index in [0.29, 0.717) is 28.6 Å². The molecule has 8 nitrogen and oxygen atoms in total. The number of carbonyl (C=O) groups is 2. The second-order valence-electron chi connectivity index (χ2n) is 5.71. The molecule has 0 atom stereocenters. The molecule has 0 aromatic heterocycles. The highest BCUT2D eigenvalue weighted by atomic mass is 32.2. The Morgan fingerprint density at radius 2 is 1.34 bits per heavy atom. The summed E-state index contributed by atoms with van der Waals surface area (Å²) in [7, 11) is 5.72. The van der Waals surface area contributed by atoms with Crippen molar-refractivity contribution in [3.05, 3.63) is 41.0 Å². The van der Waals surface area contributed by atoms with E-state index in [0.717, 1.165) is 0 Å². The Morgan fingerprint density at radius 1 is 0.828 bits per heavy atom. The number of hydrogen-bond donors (Lipinski definition) is 1. The first-order valence-electron chi connectivity index (χ1n) is 8.35. The highest BCUT2D eigenvalue weighted by Crippen LogP contribution is 2.40. The Morgan fingerprint density at radius 3 is 1.79 bits per heavy atom. The number of carbonyl (C=O) groups excluding carboxylic acids is 1. The number of rotatable bonds is 9. The van der Waals surface area contributed by atoms with Gasteiger partial charge in [-0.15, -0.1) is 0 Å². The highest BCUT2D eigenvalue weighted by molar-refractivity contribution is 7.97. The molecule has 0 heterocycles. The molecule has 0 saturated heterocycles. The van der Waals surface area contributed by atoms with Gasteiger partial charge in [-0.2, -0.15) is 11.8 Å². The number of benzene rings is 2. The molecular weight excluding hydrogens is 400 g/mol. The molecule has 0 fully saturated rings. The fourth-order valence-electron chi connectivity index (χ4n) is 2.66. The fourth-order valence-corrected chi connectivity index (χ4v) is 3.19. The second kappa shape index (κ2) is 9.92. The van der Waals surface area contributed by atoms with Crippen molar-refractivity contribution >= 4 is 23.7 Å². The molecule has 9 heteroatoms. The molecule has 0 radical (unpaired) electrons. The summed E-state index contributed by atoms with van der Waals surface area (Å²) in [6.45, 7) is 0. The van der Waals surface area contributed by atoms with Crippen molar-refractivity contribution in [2.45, 2.75) is 5.75 Å². The van der Waals surface area contributed by atoms with E-state index in [1.54, 1.807) is 0 Å². The van der Waals surface area contributed by atoms with Gasteiger partial charge in [-0.3, -0.25) is 0 Å². The molecule has 2 aromatic carbocycles. The molecule has 0 aliphatic heterocycles. The Bertz CT molecular complexity index is 885. The van der Waals surface area contributed by atoms with E-state index < -0.39 is 11.9 Å². The van der Waals surface area contributed by atoms with Crippen LogP contribution in [0, 0.1) is 0 Å². The normalized spacial score (nSPS) is 10.2. The number of carboxylic acids is 1. The number of methoxy groups -OCH3 is 4. The number of aromatic carboxylic acids is 1. The van der Waals surface area contributed by atoms with Gasteiger partial charge in [-0.05, 0) is 30.5 Å². The maximum absolute atomic E-state index is 12.8. The standard InChI is InChI=1S/C20H22O8S/c1-24-14-7-11(19(21)22)6-13(10-29-5)17(14)28-20(23)12-8-15(25-2)18(27-4)16(9-12)26-3/h6-9H,10H2,1-5H3,(H,21,22). The molecule has 29 heavy (non-hydrogen) atoms. The minimum atomic E-state index is -1.10. The zero-order valence-electron chi connectivity index (χ0n) is 16.7. The quantitative estimate of drug-likeness (QED) is 0.480. The summed E-state index contributed by atoms with van der Waals surface area (Å²) in [6, 6.07) is 5.70. The van der Waals surface area contributed by atoms with Crippen LogP contribution in [-0.2, 0) is 5.75 Å². The summed E-state index contributed by atoms with van der Waals surface area (Å²) in [5.41, 5.74) is 0.729. The maximum atomic E-state index is 12.8. The summed E-state index contributed by atoms with van der Waals surface area (Å²) < 4.78 is 26.6. The second-order valence-corrected chi connectivity index (χ2v) is 6.57. The number of carboxylic acid groups (broad SMARTS) is 1. The fraction of sp³-hybridized carbons (Fsp3) is 0.300. The lowest BCUT2D eigenvalue weighted by Crippen LogP contribution is -2.12. The van der Waals surface area contributed by atoms with Crippen molar-refractivity contribution in [2.24, 2.45) is 0 Å². The van der Waals surface area contributed by atoms with Gasteiger partial charge in [-0.25, -0.2) is 9.59 Å². The summed E-state index contributed by atoms with van der Waals surface area (Å²) >= 11 is 1.45. The Balaban J connectivity index is 2.51. The van der Waals surface area contributed by atoms with Crippen LogP contribution in [0.5, 0.6) is 28.7 Å². The molecule has 1 N–H and O–H groups in total. The number of hydrogen-bond acceptors (Lipinski definition) is 8. The predicted octanol–water partition coefficient (Wildman–Crippen LogP) is 3.50. The molecule has 0 unspecified atom stereocenters. The van der Waals surface area contributed by atoms with Crippen LogP contribution in [-0.4, -0.2) is 51.7 Å². The largest absolute Gasteiger partial charge is 0.493 e. The van der Waals surface area contributed by atoms with E-state index in [-0.39, 0.29) is 22.6 Å². The third-order valence-electron chi connectivity index (χ3n) is 3.99. The zero-order valence-corrected chi connectivity index (χ0v) is 17.5. The molecule has 0 spiro atoms. The van der Waals surface area contributed by atoms with E-state index in [1.807, 2.05) is 6.26 Å². The number of ether oxygens (including phenoxy) is 5. The van der Waals surface area contributed by atoms with Crippen LogP contribution < -0.4 is 23.7 Å². The van der Waals surface area contributed by atoms with Crippen LogP contribution in [0.4, 0.5) is 0 Å². The van der Waals surface area contributed by atoms with Crippen LogP contribution in [0.3, 0.4) is 0 Å². The van der Waals surface area contributed by atoms with Crippen LogP contribution >= 0.6 is 11.8 Å². The summed E-state index contributed by atoms with van der Waals surface area (Å²) in [5.74, 6) is -0.109. The van der Waals surface area contributed by atoms with E-state index in [9.17, 15) is 14.7 Å². The van der Waals surface area contributed by atoms with Crippen LogP contribution in [0.2, 0.25) is 0 Å². The molecular formula is C20H22O8S. The van der Waals surface area contributed by atoms with Crippen LogP contribution in [0.25, 0.3) is 0 Å². The Kier molecular flexibility index (Phi) is 7.60. The van der Waals surface area contributed by atoms with Gasteiger partial charge < -0.3 is 28.8 Å². The third-order valence-corrected chi connectivity index (χ3v) is 4.59. The Labute approximate surface area is 172 Å². The zero-order chi connectivity index (χ0) is 21.6. The van der Waals surface area contributed by atoms with Crippen molar-refractivity contribution in [3.8, 4) is 28.7 Å². The van der Waals surface area contributed by atoms with E-state index >= 15 is 0 Å². The molecule has 2 aromatic rings. The maximum Gasteiger partial charge on any atom is 0.343 e. The summed E-state index contributed by atoms with van der Waals surface area (Å²) in [4.78, 5) is 24.2. The lowest BCUT2D eigenvalue weighted by atomic mass is 10.1. The van der Waals surface area contributed by atoms with Gasteiger partial charge in [0.05, 0.1) is 39.6 Å². The first-order chi connectivity index (χ1) is 13.9. The van der Waals surface area contributed by atoms with Gasteiger partial charge >= 0.3 is 11.9 Å². The highest BCUT2D eigenvalue weighted by Gasteiger charge is 2.22. The lowest BCUT2D eigenvalue weighted by molar-refractivity contribution is 0.0696. The lowest BCUT2D eigenvalue weighted by Gasteiger charge is -2.16. The molecule has 0 aliphatic rings. The molecule has 0 bridgehead atoms. The number of esters is 1. The van der Waals surface area contributed by atoms with Crippen molar-refractivity contribution < 1.29 is 38.4 Å². The van der Waals surface area contributed by atoms with Crippen molar-refractivity contribution in [1.29, 1.82) is 0 Å². The SMILES string of the molecule is COc1cc(C(=O)O)cc(CSC)c1OC(=O)c1cc(OC)c(OC)c(OC)c1. The van der Waals surface area contributed by atoms with Gasteiger partial charge in [0.25, 0.3) is 0 Å². The van der Waals surface area contributed by atoms with Gasteiger partial charge in [0.1, 0.15) is 0 Å². The predicted molar refractivity (Wildman–Crippen MR) is 108 cm³/mol. The third kappa shape index (κ3) is 4.86. The number of thioether (sulfide) groups is 1. The smallest absolute Gasteiger partial charge is 0.343 e. The summed E-state index contributed by atoms with van der Waals surface area (Å²) in [5, 5.41) is 9.30. The molecule has 2 rings (SSSR count). The molecule has 156 valence electrons. The minimum Gasteiger partial charge on any atom is -0.493 e. The van der Waals surface area contributed by atoms with E-state index in [4.69, 9.17) is 23.7 Å². The average molecular weight is 422 g/mol. The molecule has 0 amide bonds. The van der Waals surface area contributed by atoms with Gasteiger partial charge in [0, 0.05) is 11.3 Å².